The Morgan fingerprint density at radius 3 is 2.56 bits per heavy atom. The number of nitrogens with one attached hydrogen (secondary N) is 1. The first-order chi connectivity index (χ1) is 13.2. The smallest absolute Gasteiger partial charge is 0.295 e. The van der Waals surface area contributed by atoms with E-state index < -0.39 is 11.7 Å². The number of ether oxygens (including phenoxy) is 1. The van der Waals surface area contributed by atoms with Gasteiger partial charge in [-0.1, -0.05) is 0 Å². The summed E-state index contributed by atoms with van der Waals surface area (Å²) in [5.41, 5.74) is 1.15. The number of nitrogens with zero attached hydrogens (tertiary/aromatic N) is 4. The first kappa shape index (κ1) is 17.0. The molecule has 138 valence electrons. The summed E-state index contributed by atoms with van der Waals surface area (Å²) in [6, 6.07) is 7.16. The van der Waals surface area contributed by atoms with Gasteiger partial charge in [-0.15, -0.1) is 0 Å². The second kappa shape index (κ2) is 7.06. The number of carbonyl (C=O) groups is 2. The maximum atomic E-state index is 12.8. The first-order valence-corrected chi connectivity index (χ1v) is 8.68. The summed E-state index contributed by atoms with van der Waals surface area (Å²) in [5.74, 6) is 0.269. The summed E-state index contributed by atoms with van der Waals surface area (Å²) in [6.45, 7) is 2.08. The third kappa shape index (κ3) is 3.21. The van der Waals surface area contributed by atoms with Crippen LogP contribution in [0.3, 0.4) is 0 Å². The molecular formula is C19H19N5O3. The highest BCUT2D eigenvalue weighted by atomic mass is 16.5. The maximum absolute atomic E-state index is 12.8. The molecule has 1 aliphatic heterocycles. The number of carbonyl (C=O) groups excluding carboxylic acids is 2. The van der Waals surface area contributed by atoms with Crippen molar-refractivity contribution in [1.82, 2.24) is 19.9 Å². The van der Waals surface area contributed by atoms with Crippen LogP contribution in [0.5, 0.6) is 5.75 Å². The summed E-state index contributed by atoms with van der Waals surface area (Å²) in [5, 5.41) is 0.684. The summed E-state index contributed by atoms with van der Waals surface area (Å²) < 4.78 is 5.22. The first-order valence-electron chi connectivity index (χ1n) is 8.68. The number of ketones is 1. The van der Waals surface area contributed by atoms with Gasteiger partial charge in [-0.05, 0) is 24.3 Å². The van der Waals surface area contributed by atoms with Crippen LogP contribution in [0, 0.1) is 0 Å². The largest absolute Gasteiger partial charge is 0.497 e. The van der Waals surface area contributed by atoms with Gasteiger partial charge in [0.15, 0.2) is 0 Å². The van der Waals surface area contributed by atoms with E-state index in [0.29, 0.717) is 48.8 Å². The summed E-state index contributed by atoms with van der Waals surface area (Å²) in [7, 11) is 1.57. The molecule has 3 heterocycles. The molecular weight excluding hydrogens is 346 g/mol. The number of hydrogen-bond donors (Lipinski definition) is 1. The van der Waals surface area contributed by atoms with E-state index in [1.165, 1.54) is 0 Å². The number of aromatic amines is 1. The topological polar surface area (TPSA) is 91.4 Å². The van der Waals surface area contributed by atoms with Gasteiger partial charge in [0, 0.05) is 55.7 Å². The minimum Gasteiger partial charge on any atom is -0.497 e. The van der Waals surface area contributed by atoms with E-state index >= 15 is 0 Å². The van der Waals surface area contributed by atoms with Crippen molar-refractivity contribution in [3.63, 3.8) is 0 Å². The number of benzene rings is 1. The zero-order chi connectivity index (χ0) is 18.8. The fourth-order valence-electron chi connectivity index (χ4n) is 3.24. The highest BCUT2D eigenvalue weighted by Gasteiger charge is 2.29. The fraction of sp³-hybridized carbons (Fsp3) is 0.263. The van der Waals surface area contributed by atoms with Crippen molar-refractivity contribution in [1.29, 1.82) is 0 Å². The molecule has 0 unspecified atom stereocenters. The van der Waals surface area contributed by atoms with E-state index in [-0.39, 0.29) is 0 Å². The number of fused-ring (bicyclic) bond motifs is 1. The van der Waals surface area contributed by atoms with Gasteiger partial charge < -0.3 is 19.5 Å². The average Bonchev–Trinajstić information content (AvgIpc) is 3.16. The van der Waals surface area contributed by atoms with E-state index in [1.54, 1.807) is 48.8 Å². The lowest BCUT2D eigenvalue weighted by Crippen LogP contribution is -2.51. The minimum absolute atomic E-state index is 0.364. The molecule has 1 amide bonds. The van der Waals surface area contributed by atoms with Crippen molar-refractivity contribution in [3.05, 3.63) is 48.4 Å². The lowest BCUT2D eigenvalue weighted by atomic mass is 10.1. The number of aromatic nitrogens is 3. The Hall–Kier alpha value is -3.42. The number of Topliss-reactive ketones (excluding diaryl/α,β-unsaturated/α-hetero) is 1. The predicted molar refractivity (Wildman–Crippen MR) is 100 cm³/mol. The normalized spacial score (nSPS) is 14.4. The molecule has 1 fully saturated rings. The van der Waals surface area contributed by atoms with Crippen LogP contribution >= 0.6 is 0 Å². The van der Waals surface area contributed by atoms with Crippen LogP contribution in [0.15, 0.2) is 42.9 Å². The van der Waals surface area contributed by atoms with Crippen molar-refractivity contribution in [2.24, 2.45) is 0 Å². The molecule has 0 aliphatic carbocycles. The minimum atomic E-state index is -0.515. The third-order valence-corrected chi connectivity index (χ3v) is 4.73. The zero-order valence-electron chi connectivity index (χ0n) is 14.9. The standard InChI is InChI=1S/C19H19N5O3/c1-27-13-3-4-16-14(11-13)15(12-22-16)17(25)18(26)23-7-9-24(10-8-23)19-20-5-2-6-21-19/h2-6,11-12,22H,7-10H2,1H3. The molecule has 0 atom stereocenters. The molecule has 1 N–H and O–H groups in total. The van der Waals surface area contributed by atoms with Crippen molar-refractivity contribution < 1.29 is 14.3 Å². The molecule has 4 rings (SSSR count). The molecule has 1 saturated heterocycles. The van der Waals surface area contributed by atoms with E-state index in [1.807, 2.05) is 11.0 Å². The van der Waals surface area contributed by atoms with Crippen molar-refractivity contribution in [3.8, 4) is 5.75 Å². The van der Waals surface area contributed by atoms with E-state index in [0.717, 1.165) is 5.52 Å². The number of anilines is 1. The van der Waals surface area contributed by atoms with Crippen LogP contribution in [0.4, 0.5) is 5.95 Å². The second-order valence-corrected chi connectivity index (χ2v) is 6.27. The Morgan fingerprint density at radius 1 is 1.11 bits per heavy atom. The van der Waals surface area contributed by atoms with Crippen molar-refractivity contribution in [2.45, 2.75) is 0 Å². The van der Waals surface area contributed by atoms with Gasteiger partial charge in [-0.2, -0.15) is 0 Å². The lowest BCUT2D eigenvalue weighted by Gasteiger charge is -2.34. The van der Waals surface area contributed by atoms with Gasteiger partial charge in [0.25, 0.3) is 11.7 Å². The Labute approximate surface area is 155 Å². The number of amides is 1. The monoisotopic (exact) mass is 365 g/mol. The highest BCUT2D eigenvalue weighted by Crippen LogP contribution is 2.24. The van der Waals surface area contributed by atoms with Crippen LogP contribution in [-0.2, 0) is 4.79 Å². The van der Waals surface area contributed by atoms with Gasteiger partial charge in [-0.25, -0.2) is 9.97 Å². The van der Waals surface area contributed by atoms with Gasteiger partial charge in [0.05, 0.1) is 12.7 Å². The van der Waals surface area contributed by atoms with Crippen LogP contribution < -0.4 is 9.64 Å². The van der Waals surface area contributed by atoms with Crippen LogP contribution in [0.25, 0.3) is 10.9 Å². The molecule has 2 aromatic heterocycles. The van der Waals surface area contributed by atoms with Crippen LogP contribution in [0.1, 0.15) is 10.4 Å². The average molecular weight is 365 g/mol. The number of piperazine rings is 1. The Morgan fingerprint density at radius 2 is 1.85 bits per heavy atom. The summed E-state index contributed by atoms with van der Waals surface area (Å²) in [6.07, 6.45) is 4.96. The second-order valence-electron chi connectivity index (χ2n) is 6.27. The van der Waals surface area contributed by atoms with E-state index in [4.69, 9.17) is 4.74 Å². The third-order valence-electron chi connectivity index (χ3n) is 4.73. The Balaban J connectivity index is 1.48. The van der Waals surface area contributed by atoms with Crippen molar-refractivity contribution >= 4 is 28.5 Å². The molecule has 0 bridgehead atoms. The van der Waals surface area contributed by atoms with Crippen LogP contribution in [0.2, 0.25) is 0 Å². The van der Waals surface area contributed by atoms with E-state index in [9.17, 15) is 9.59 Å². The predicted octanol–water partition coefficient (Wildman–Crippen LogP) is 1.50. The SMILES string of the molecule is COc1ccc2[nH]cc(C(=O)C(=O)N3CCN(c4ncccn4)CC3)c2c1. The molecule has 8 nitrogen and oxygen atoms in total. The lowest BCUT2D eigenvalue weighted by molar-refractivity contribution is -0.126. The van der Waals surface area contributed by atoms with Gasteiger partial charge in [-0.3, -0.25) is 9.59 Å². The molecule has 0 spiro atoms. The maximum Gasteiger partial charge on any atom is 0.295 e. The fourth-order valence-corrected chi connectivity index (χ4v) is 3.24. The Bertz CT molecular complexity index is 977. The van der Waals surface area contributed by atoms with Gasteiger partial charge in [0.2, 0.25) is 5.95 Å². The quantitative estimate of drug-likeness (QED) is 0.556. The summed E-state index contributed by atoms with van der Waals surface area (Å²) in [4.78, 5) is 40.6. The molecule has 3 aromatic rings. The molecule has 1 aliphatic rings. The molecule has 27 heavy (non-hydrogen) atoms. The van der Waals surface area contributed by atoms with Gasteiger partial charge >= 0.3 is 0 Å². The zero-order valence-corrected chi connectivity index (χ0v) is 14.9. The van der Waals surface area contributed by atoms with Crippen LogP contribution in [-0.4, -0.2) is 64.8 Å². The molecule has 0 saturated carbocycles. The number of rotatable bonds is 4. The Kier molecular flexibility index (Phi) is 4.45. The highest BCUT2D eigenvalue weighted by molar-refractivity contribution is 6.44. The molecule has 8 heteroatoms. The number of methoxy groups -OCH3 is 1. The molecule has 1 aromatic carbocycles. The van der Waals surface area contributed by atoms with E-state index in [2.05, 4.69) is 15.0 Å². The van der Waals surface area contributed by atoms with Crippen molar-refractivity contribution in [2.75, 3.05) is 38.2 Å². The summed E-state index contributed by atoms with van der Waals surface area (Å²) >= 11 is 0. The molecule has 0 radical (unpaired) electrons. The number of hydrogen-bond acceptors (Lipinski definition) is 6. The number of H-pyrrole nitrogens is 1. The van der Waals surface area contributed by atoms with Gasteiger partial charge in [0.1, 0.15) is 5.75 Å².